The lowest BCUT2D eigenvalue weighted by molar-refractivity contribution is 0.0912. The molecule has 1 aromatic rings. The molecule has 1 aliphatic rings. The fraction of sp³-hybridized carbons (Fsp3) is 0.545. The molecule has 1 unspecified atom stereocenters. The van der Waals surface area contributed by atoms with Gasteiger partial charge in [0, 0.05) is 12.6 Å². The van der Waals surface area contributed by atoms with Crippen LogP contribution in [0, 0.1) is 0 Å². The fourth-order valence-electron chi connectivity index (χ4n) is 1.99. The van der Waals surface area contributed by atoms with Crippen molar-refractivity contribution in [3.8, 4) is 0 Å². The second-order valence-corrected chi connectivity index (χ2v) is 8.40. The fourth-order valence-corrected chi connectivity index (χ4v) is 4.59. The van der Waals surface area contributed by atoms with Gasteiger partial charge in [-0.25, -0.2) is 8.42 Å². The zero-order valence-electron chi connectivity index (χ0n) is 9.93. The number of Topliss-reactive ketones (excluding diaryl/α,β-unsaturated/α-hetero) is 1. The Morgan fingerprint density at radius 3 is 2.83 bits per heavy atom. The molecule has 1 atom stereocenters. The first-order valence-corrected chi connectivity index (χ1v) is 8.62. The monoisotopic (exact) mass is 307 g/mol. The van der Waals surface area contributed by atoms with E-state index in [0.717, 1.165) is 0 Å². The van der Waals surface area contributed by atoms with Crippen molar-refractivity contribution in [1.82, 2.24) is 4.90 Å². The molecule has 0 radical (unpaired) electrons. The highest BCUT2D eigenvalue weighted by molar-refractivity contribution is 7.91. The number of ketones is 1. The van der Waals surface area contributed by atoms with Crippen LogP contribution in [0.3, 0.4) is 0 Å². The van der Waals surface area contributed by atoms with Crippen molar-refractivity contribution in [2.24, 2.45) is 0 Å². The maximum absolute atomic E-state index is 12.0. The third kappa shape index (κ3) is 3.32. The van der Waals surface area contributed by atoms with Gasteiger partial charge in [-0.1, -0.05) is 11.6 Å². The molecule has 0 bridgehead atoms. The zero-order valence-corrected chi connectivity index (χ0v) is 12.3. The van der Waals surface area contributed by atoms with Crippen molar-refractivity contribution in [2.45, 2.75) is 13.0 Å². The van der Waals surface area contributed by atoms with Gasteiger partial charge in [-0.2, -0.15) is 0 Å². The van der Waals surface area contributed by atoms with Crippen LogP contribution >= 0.6 is 22.9 Å². The molecule has 2 heterocycles. The Kier molecular flexibility index (Phi) is 4.11. The second-order valence-electron chi connectivity index (χ2n) is 4.46. The Hall–Kier alpha value is -0.430. The topological polar surface area (TPSA) is 54.5 Å². The summed E-state index contributed by atoms with van der Waals surface area (Å²) in [6.07, 6.45) is 0. The lowest BCUT2D eigenvalue weighted by Gasteiger charge is -2.32. The average Bonchev–Trinajstić information content (AvgIpc) is 2.68. The van der Waals surface area contributed by atoms with E-state index in [9.17, 15) is 13.2 Å². The molecule has 100 valence electrons. The van der Waals surface area contributed by atoms with Crippen molar-refractivity contribution >= 4 is 38.6 Å². The van der Waals surface area contributed by atoms with Gasteiger partial charge < -0.3 is 0 Å². The van der Waals surface area contributed by atoms with Gasteiger partial charge in [0.05, 0.1) is 27.3 Å². The molecule has 0 amide bonds. The van der Waals surface area contributed by atoms with E-state index in [-0.39, 0.29) is 29.9 Å². The van der Waals surface area contributed by atoms with Crippen LogP contribution in [0.1, 0.15) is 16.6 Å². The number of nitrogens with zero attached hydrogens (tertiary/aromatic N) is 1. The molecule has 0 saturated carbocycles. The summed E-state index contributed by atoms with van der Waals surface area (Å²) < 4.78 is 23.5. The Morgan fingerprint density at radius 1 is 1.56 bits per heavy atom. The number of sulfone groups is 1. The number of rotatable bonds is 3. The summed E-state index contributed by atoms with van der Waals surface area (Å²) in [6, 6.07) is 3.30. The standard InChI is InChI=1S/C11H14ClNO3S2/c1-8-7-18(15,16)5-4-13(8)6-9(14)10-2-3-11(12)17-10/h2-3,8H,4-7H2,1H3. The van der Waals surface area contributed by atoms with E-state index < -0.39 is 9.84 Å². The third-order valence-electron chi connectivity index (χ3n) is 3.00. The van der Waals surface area contributed by atoms with E-state index in [0.29, 0.717) is 15.8 Å². The molecule has 1 saturated heterocycles. The summed E-state index contributed by atoms with van der Waals surface area (Å²) >= 11 is 7.04. The highest BCUT2D eigenvalue weighted by Crippen LogP contribution is 2.22. The van der Waals surface area contributed by atoms with Gasteiger partial charge in [-0.3, -0.25) is 9.69 Å². The molecule has 18 heavy (non-hydrogen) atoms. The van der Waals surface area contributed by atoms with Crippen LogP contribution in [0.2, 0.25) is 4.34 Å². The SMILES string of the molecule is CC1CS(=O)(=O)CCN1CC(=O)c1ccc(Cl)s1. The summed E-state index contributed by atoms with van der Waals surface area (Å²) in [5.41, 5.74) is 0. The molecule has 7 heteroatoms. The molecule has 0 spiro atoms. The number of carbonyl (C=O) groups excluding carboxylic acids is 1. The first-order chi connectivity index (χ1) is 8.37. The summed E-state index contributed by atoms with van der Waals surface area (Å²) in [5.74, 6) is 0.263. The first-order valence-electron chi connectivity index (χ1n) is 5.60. The zero-order chi connectivity index (χ0) is 13.3. The number of hydrogen-bond donors (Lipinski definition) is 0. The highest BCUT2D eigenvalue weighted by atomic mass is 35.5. The van der Waals surface area contributed by atoms with Gasteiger partial charge in [0.2, 0.25) is 0 Å². The van der Waals surface area contributed by atoms with Gasteiger partial charge in [-0.15, -0.1) is 11.3 Å². The predicted octanol–water partition coefficient (Wildman–Crippen LogP) is 1.70. The minimum Gasteiger partial charge on any atom is -0.292 e. The average molecular weight is 308 g/mol. The van der Waals surface area contributed by atoms with E-state index >= 15 is 0 Å². The maximum Gasteiger partial charge on any atom is 0.186 e. The van der Waals surface area contributed by atoms with Crippen LogP contribution in [0.15, 0.2) is 12.1 Å². The molecule has 1 fully saturated rings. The quantitative estimate of drug-likeness (QED) is 0.798. The number of halogens is 1. The minimum atomic E-state index is -2.93. The van der Waals surface area contributed by atoms with Crippen molar-refractivity contribution in [3.05, 3.63) is 21.3 Å². The van der Waals surface area contributed by atoms with Crippen LogP contribution in [-0.2, 0) is 9.84 Å². The van der Waals surface area contributed by atoms with Crippen molar-refractivity contribution < 1.29 is 13.2 Å². The van der Waals surface area contributed by atoms with Crippen LogP contribution < -0.4 is 0 Å². The molecule has 2 rings (SSSR count). The molecule has 0 aromatic carbocycles. The molecule has 0 N–H and O–H groups in total. The van der Waals surface area contributed by atoms with E-state index in [2.05, 4.69) is 0 Å². The van der Waals surface area contributed by atoms with Crippen molar-refractivity contribution in [2.75, 3.05) is 24.6 Å². The van der Waals surface area contributed by atoms with Gasteiger partial charge in [0.1, 0.15) is 0 Å². The smallest absolute Gasteiger partial charge is 0.186 e. The normalized spacial score (nSPS) is 24.0. The molecule has 1 aliphatic heterocycles. The Balaban J connectivity index is 2.00. The lowest BCUT2D eigenvalue weighted by atomic mass is 10.2. The Bertz CT molecular complexity index is 552. The summed E-state index contributed by atoms with van der Waals surface area (Å²) in [7, 11) is -2.93. The number of hydrogen-bond acceptors (Lipinski definition) is 5. The summed E-state index contributed by atoms with van der Waals surface area (Å²) in [4.78, 5) is 14.5. The minimum absolute atomic E-state index is 0.00181. The number of carbonyl (C=O) groups is 1. The van der Waals surface area contributed by atoms with Gasteiger partial charge in [0.25, 0.3) is 0 Å². The van der Waals surface area contributed by atoms with Crippen LogP contribution in [0.5, 0.6) is 0 Å². The molecule has 4 nitrogen and oxygen atoms in total. The van der Waals surface area contributed by atoms with E-state index in [1.54, 1.807) is 12.1 Å². The van der Waals surface area contributed by atoms with Crippen LogP contribution in [0.25, 0.3) is 0 Å². The van der Waals surface area contributed by atoms with Gasteiger partial charge in [-0.05, 0) is 19.1 Å². The first kappa shape index (κ1) is 14.0. The lowest BCUT2D eigenvalue weighted by Crippen LogP contribution is -2.48. The highest BCUT2D eigenvalue weighted by Gasteiger charge is 2.29. The molecular formula is C11H14ClNO3S2. The van der Waals surface area contributed by atoms with E-state index in [1.807, 2.05) is 11.8 Å². The Labute approximate surface area is 115 Å². The van der Waals surface area contributed by atoms with Crippen molar-refractivity contribution in [3.63, 3.8) is 0 Å². The molecule has 0 aliphatic carbocycles. The second kappa shape index (κ2) is 5.28. The largest absolute Gasteiger partial charge is 0.292 e. The van der Waals surface area contributed by atoms with Gasteiger partial charge >= 0.3 is 0 Å². The van der Waals surface area contributed by atoms with E-state index in [1.165, 1.54) is 11.3 Å². The van der Waals surface area contributed by atoms with E-state index in [4.69, 9.17) is 11.6 Å². The maximum atomic E-state index is 12.0. The predicted molar refractivity (Wildman–Crippen MR) is 73.3 cm³/mol. The van der Waals surface area contributed by atoms with Gasteiger partial charge in [0.15, 0.2) is 15.6 Å². The molecule has 1 aromatic heterocycles. The Morgan fingerprint density at radius 2 is 2.28 bits per heavy atom. The van der Waals surface area contributed by atoms with Crippen LogP contribution in [0.4, 0.5) is 0 Å². The third-order valence-corrected chi connectivity index (χ3v) is 6.07. The number of thiophene rings is 1. The van der Waals surface area contributed by atoms with Crippen LogP contribution in [-0.4, -0.2) is 49.7 Å². The summed E-state index contributed by atoms with van der Waals surface area (Å²) in [5, 5.41) is 0. The molecular weight excluding hydrogens is 294 g/mol. The summed E-state index contributed by atoms with van der Waals surface area (Å²) in [6.45, 7) is 2.52. The van der Waals surface area contributed by atoms with Crippen molar-refractivity contribution in [1.29, 1.82) is 0 Å².